The molecular formula is C17H16N4O3. The van der Waals surface area contributed by atoms with Gasteiger partial charge >= 0.3 is 12.1 Å². The summed E-state index contributed by atoms with van der Waals surface area (Å²) in [5.74, 6) is 0.257. The number of anilines is 2. The van der Waals surface area contributed by atoms with Gasteiger partial charge in [-0.1, -0.05) is 24.3 Å². The van der Waals surface area contributed by atoms with E-state index in [1.165, 1.54) is 18.0 Å². The van der Waals surface area contributed by atoms with Gasteiger partial charge in [-0.15, -0.1) is 0 Å². The number of ether oxygens (including phenoxy) is 1. The Morgan fingerprint density at radius 1 is 1.17 bits per heavy atom. The van der Waals surface area contributed by atoms with E-state index < -0.39 is 6.09 Å². The van der Waals surface area contributed by atoms with Crippen molar-refractivity contribution in [1.29, 1.82) is 5.26 Å². The van der Waals surface area contributed by atoms with E-state index in [1.54, 1.807) is 42.5 Å². The van der Waals surface area contributed by atoms with Gasteiger partial charge in [0.15, 0.2) is 0 Å². The summed E-state index contributed by atoms with van der Waals surface area (Å²) >= 11 is 0. The Bertz CT molecular complexity index is 756. The summed E-state index contributed by atoms with van der Waals surface area (Å²) in [7, 11) is 1.50. The van der Waals surface area contributed by atoms with E-state index in [2.05, 4.69) is 10.6 Å². The number of urea groups is 1. The molecule has 2 N–H and O–H groups in total. The van der Waals surface area contributed by atoms with Crippen molar-refractivity contribution in [2.45, 2.75) is 0 Å². The van der Waals surface area contributed by atoms with Crippen LogP contribution in [0.3, 0.4) is 0 Å². The fourth-order valence-corrected chi connectivity index (χ4v) is 1.93. The average molecular weight is 324 g/mol. The maximum atomic E-state index is 12.3. The van der Waals surface area contributed by atoms with Crippen molar-refractivity contribution in [3.05, 3.63) is 54.6 Å². The number of rotatable bonds is 4. The fourth-order valence-electron chi connectivity index (χ4n) is 1.93. The highest BCUT2D eigenvalue weighted by Gasteiger charge is 2.17. The van der Waals surface area contributed by atoms with E-state index in [1.807, 2.05) is 12.1 Å². The van der Waals surface area contributed by atoms with E-state index >= 15 is 0 Å². The minimum atomic E-state index is -0.681. The minimum Gasteiger partial charge on any atom is -0.410 e. The van der Waals surface area contributed by atoms with Gasteiger partial charge in [-0.05, 0) is 24.3 Å². The molecule has 0 saturated heterocycles. The van der Waals surface area contributed by atoms with Crippen molar-refractivity contribution in [2.75, 3.05) is 23.8 Å². The van der Waals surface area contributed by atoms with Crippen LogP contribution in [0.4, 0.5) is 21.0 Å². The van der Waals surface area contributed by atoms with Gasteiger partial charge in [-0.3, -0.25) is 4.90 Å². The second-order valence-electron chi connectivity index (χ2n) is 4.68. The lowest BCUT2D eigenvalue weighted by atomic mass is 10.3. The molecule has 2 aromatic rings. The molecule has 0 spiro atoms. The molecule has 0 aliphatic carbocycles. The highest BCUT2D eigenvalue weighted by Crippen LogP contribution is 2.20. The molecule has 0 aliphatic heterocycles. The first kappa shape index (κ1) is 16.8. The molecule has 0 saturated carbocycles. The summed E-state index contributed by atoms with van der Waals surface area (Å²) in [4.78, 5) is 24.9. The molecule has 7 nitrogen and oxygen atoms in total. The van der Waals surface area contributed by atoms with E-state index in [4.69, 9.17) is 10.00 Å². The number of benzene rings is 2. The van der Waals surface area contributed by atoms with Crippen LogP contribution in [0.2, 0.25) is 0 Å². The van der Waals surface area contributed by atoms with Crippen LogP contribution in [0, 0.1) is 11.3 Å². The number of carbonyl (C=O) groups is 2. The first-order valence-corrected chi connectivity index (χ1v) is 7.14. The molecule has 2 aromatic carbocycles. The smallest absolute Gasteiger partial charge is 0.410 e. The molecule has 0 radical (unpaired) electrons. The Morgan fingerprint density at radius 3 is 2.58 bits per heavy atom. The number of nitrogens with one attached hydrogen (secondary N) is 2. The Hall–Kier alpha value is -3.53. The van der Waals surface area contributed by atoms with Gasteiger partial charge in [0.2, 0.25) is 0 Å². The molecule has 2 rings (SSSR count). The zero-order chi connectivity index (χ0) is 17.4. The number of hydrogen-bond donors (Lipinski definition) is 2. The third-order valence-corrected chi connectivity index (χ3v) is 3.04. The van der Waals surface area contributed by atoms with Crippen LogP contribution < -0.4 is 20.3 Å². The number of nitriles is 1. The topological polar surface area (TPSA) is 94.5 Å². The average Bonchev–Trinajstić information content (AvgIpc) is 2.60. The summed E-state index contributed by atoms with van der Waals surface area (Å²) in [6.45, 7) is -0.140. The third-order valence-electron chi connectivity index (χ3n) is 3.04. The van der Waals surface area contributed by atoms with Gasteiger partial charge in [0.05, 0.1) is 6.07 Å². The quantitative estimate of drug-likeness (QED) is 0.845. The van der Waals surface area contributed by atoms with E-state index in [0.717, 1.165) is 0 Å². The van der Waals surface area contributed by atoms with Gasteiger partial charge in [-0.2, -0.15) is 5.26 Å². The maximum absolute atomic E-state index is 12.3. The van der Waals surface area contributed by atoms with Gasteiger partial charge in [0, 0.05) is 24.5 Å². The predicted octanol–water partition coefficient (Wildman–Crippen LogP) is 2.97. The monoisotopic (exact) mass is 324 g/mol. The SMILES string of the molecule is CNC(=O)Nc1cccc(OC(=O)N(CC#N)c2ccccc2)c1. The minimum absolute atomic E-state index is 0.140. The van der Waals surface area contributed by atoms with Gasteiger partial charge in [-0.25, -0.2) is 9.59 Å². The fraction of sp³-hybridized carbons (Fsp3) is 0.118. The van der Waals surface area contributed by atoms with Crippen molar-refractivity contribution in [2.24, 2.45) is 0 Å². The van der Waals surface area contributed by atoms with Crippen molar-refractivity contribution < 1.29 is 14.3 Å². The van der Waals surface area contributed by atoms with Crippen LogP contribution in [-0.4, -0.2) is 25.7 Å². The van der Waals surface area contributed by atoms with Gasteiger partial charge in [0.25, 0.3) is 0 Å². The van der Waals surface area contributed by atoms with Crippen molar-refractivity contribution in [3.63, 3.8) is 0 Å². The third kappa shape index (κ3) is 4.48. The van der Waals surface area contributed by atoms with E-state index in [9.17, 15) is 9.59 Å². The van der Waals surface area contributed by atoms with Gasteiger partial charge in [0.1, 0.15) is 12.3 Å². The standard InChI is InChI=1S/C17H16N4O3/c1-19-16(22)20-13-6-5-9-15(12-13)24-17(23)21(11-10-18)14-7-3-2-4-8-14/h2-9,12H,11H2,1H3,(H2,19,20,22). The summed E-state index contributed by atoms with van der Waals surface area (Å²) in [6, 6.07) is 16.7. The summed E-state index contributed by atoms with van der Waals surface area (Å²) in [5, 5.41) is 13.9. The Labute approximate surface area is 139 Å². The van der Waals surface area contributed by atoms with Gasteiger partial charge < -0.3 is 15.4 Å². The van der Waals surface area contributed by atoms with Crippen LogP contribution in [0.1, 0.15) is 0 Å². The number of amides is 3. The Kier molecular flexibility index (Phi) is 5.75. The highest BCUT2D eigenvalue weighted by molar-refractivity contribution is 5.91. The van der Waals surface area contributed by atoms with Crippen LogP contribution in [0.15, 0.2) is 54.6 Å². The normalized spacial score (nSPS) is 9.50. The molecule has 3 amide bonds. The molecule has 0 unspecified atom stereocenters. The van der Waals surface area contributed by atoms with Crippen molar-refractivity contribution >= 4 is 23.5 Å². The molecule has 0 heterocycles. The first-order valence-electron chi connectivity index (χ1n) is 7.14. The summed E-state index contributed by atoms with van der Waals surface area (Å²) < 4.78 is 5.30. The van der Waals surface area contributed by atoms with Crippen LogP contribution in [0.5, 0.6) is 5.75 Å². The molecule has 0 fully saturated rings. The van der Waals surface area contributed by atoms with E-state index in [0.29, 0.717) is 11.4 Å². The molecule has 0 bridgehead atoms. The molecular weight excluding hydrogens is 308 g/mol. The zero-order valence-corrected chi connectivity index (χ0v) is 13.0. The number of nitrogens with zero attached hydrogens (tertiary/aromatic N) is 2. The molecule has 0 aliphatic rings. The van der Waals surface area contributed by atoms with E-state index in [-0.39, 0.29) is 18.3 Å². The largest absolute Gasteiger partial charge is 0.420 e. The maximum Gasteiger partial charge on any atom is 0.420 e. The lowest BCUT2D eigenvalue weighted by molar-refractivity contribution is 0.208. The summed E-state index contributed by atoms with van der Waals surface area (Å²) in [5.41, 5.74) is 1.04. The lowest BCUT2D eigenvalue weighted by Crippen LogP contribution is -2.33. The highest BCUT2D eigenvalue weighted by atomic mass is 16.6. The second-order valence-corrected chi connectivity index (χ2v) is 4.68. The van der Waals surface area contributed by atoms with Crippen LogP contribution in [-0.2, 0) is 0 Å². The number of carbonyl (C=O) groups excluding carboxylic acids is 2. The molecule has 0 atom stereocenters. The molecule has 122 valence electrons. The molecule has 24 heavy (non-hydrogen) atoms. The second kappa shape index (κ2) is 8.19. The van der Waals surface area contributed by atoms with Crippen LogP contribution in [0.25, 0.3) is 0 Å². The Balaban J connectivity index is 2.14. The van der Waals surface area contributed by atoms with Crippen LogP contribution >= 0.6 is 0 Å². The molecule has 0 aromatic heterocycles. The van der Waals surface area contributed by atoms with Crippen molar-refractivity contribution in [1.82, 2.24) is 5.32 Å². The molecule has 7 heteroatoms. The lowest BCUT2D eigenvalue weighted by Gasteiger charge is -2.19. The summed E-state index contributed by atoms with van der Waals surface area (Å²) in [6.07, 6.45) is -0.681. The van der Waals surface area contributed by atoms with Crippen molar-refractivity contribution in [3.8, 4) is 11.8 Å². The Morgan fingerprint density at radius 2 is 1.92 bits per heavy atom. The number of hydrogen-bond acceptors (Lipinski definition) is 4. The first-order chi connectivity index (χ1) is 11.6. The zero-order valence-electron chi connectivity index (χ0n) is 13.0. The predicted molar refractivity (Wildman–Crippen MR) is 89.9 cm³/mol. The number of para-hydroxylation sites is 1.